The lowest BCUT2D eigenvalue weighted by Crippen LogP contribution is -2.36. The molecule has 7 nitrogen and oxygen atoms in total. The monoisotopic (exact) mass is 514 g/mol. The van der Waals surface area contributed by atoms with E-state index in [0.717, 1.165) is 4.47 Å². The topological polar surface area (TPSA) is 113 Å². The third-order valence-corrected chi connectivity index (χ3v) is 7.34. The standard InChI is InChI=1S/C23H19BrN2O5S/c1-14-4-2-3-5-21(14)32(30,31)26-17-9-6-15(7-10-17)20(27)13-23(29)18-11-8-16(24)12-19(18)25-22(23)28/h2-12,26,29H,13H2,1H3,(H,25,28). The van der Waals surface area contributed by atoms with Gasteiger partial charge in [-0.05, 0) is 55.0 Å². The number of rotatable bonds is 6. The van der Waals surface area contributed by atoms with Gasteiger partial charge < -0.3 is 10.4 Å². The largest absolute Gasteiger partial charge is 0.375 e. The second kappa shape index (κ2) is 8.16. The minimum absolute atomic E-state index is 0.167. The summed E-state index contributed by atoms with van der Waals surface area (Å²) in [5, 5.41) is 13.5. The van der Waals surface area contributed by atoms with E-state index in [1.165, 1.54) is 30.3 Å². The first-order chi connectivity index (χ1) is 15.1. The van der Waals surface area contributed by atoms with Crippen LogP contribution < -0.4 is 10.0 Å². The average molecular weight is 515 g/mol. The Bertz CT molecular complexity index is 1340. The summed E-state index contributed by atoms with van der Waals surface area (Å²) >= 11 is 3.31. The summed E-state index contributed by atoms with van der Waals surface area (Å²) in [5.41, 5.74) is -0.0458. The minimum Gasteiger partial charge on any atom is -0.375 e. The van der Waals surface area contributed by atoms with Crippen molar-refractivity contribution in [3.63, 3.8) is 0 Å². The number of carbonyl (C=O) groups excluding carboxylic acids is 2. The Labute approximate surface area is 193 Å². The van der Waals surface area contributed by atoms with E-state index in [4.69, 9.17) is 0 Å². The smallest absolute Gasteiger partial charge is 0.262 e. The molecule has 0 bridgehead atoms. The maximum Gasteiger partial charge on any atom is 0.262 e. The zero-order valence-electron chi connectivity index (χ0n) is 16.9. The predicted octanol–water partition coefficient (Wildman–Crippen LogP) is 3.97. The van der Waals surface area contributed by atoms with Gasteiger partial charge in [-0.2, -0.15) is 0 Å². The molecule has 1 aliphatic rings. The van der Waals surface area contributed by atoms with Gasteiger partial charge in [0.05, 0.1) is 11.3 Å². The van der Waals surface area contributed by atoms with E-state index in [1.54, 1.807) is 43.3 Å². The van der Waals surface area contributed by atoms with Gasteiger partial charge in [0.15, 0.2) is 11.4 Å². The van der Waals surface area contributed by atoms with E-state index in [2.05, 4.69) is 26.0 Å². The number of fused-ring (bicyclic) bond motifs is 1. The van der Waals surface area contributed by atoms with Crippen molar-refractivity contribution in [2.45, 2.75) is 23.8 Å². The first-order valence-corrected chi connectivity index (χ1v) is 11.9. The summed E-state index contributed by atoms with van der Waals surface area (Å²) in [6.07, 6.45) is -0.443. The number of nitrogens with one attached hydrogen (secondary N) is 2. The molecule has 1 atom stereocenters. The third-order valence-electron chi connectivity index (χ3n) is 5.31. The highest BCUT2D eigenvalue weighted by Crippen LogP contribution is 2.40. The fourth-order valence-electron chi connectivity index (χ4n) is 3.63. The van der Waals surface area contributed by atoms with Crippen molar-refractivity contribution in [1.82, 2.24) is 0 Å². The van der Waals surface area contributed by atoms with Crippen molar-refractivity contribution in [1.29, 1.82) is 0 Å². The van der Waals surface area contributed by atoms with Crippen LogP contribution in [0.5, 0.6) is 0 Å². The molecular weight excluding hydrogens is 496 g/mol. The maximum absolute atomic E-state index is 12.8. The number of aryl methyl sites for hydroxylation is 1. The molecule has 0 spiro atoms. The summed E-state index contributed by atoms with van der Waals surface area (Å²) in [4.78, 5) is 25.4. The van der Waals surface area contributed by atoms with Gasteiger partial charge in [-0.1, -0.05) is 40.2 Å². The van der Waals surface area contributed by atoms with Gasteiger partial charge in [0.1, 0.15) is 0 Å². The van der Waals surface area contributed by atoms with Crippen LogP contribution in [-0.4, -0.2) is 25.2 Å². The average Bonchev–Trinajstić information content (AvgIpc) is 2.97. The fourth-order valence-corrected chi connectivity index (χ4v) is 5.30. The molecule has 1 heterocycles. The summed E-state index contributed by atoms with van der Waals surface area (Å²) < 4.78 is 28.5. The van der Waals surface area contributed by atoms with E-state index in [-0.39, 0.29) is 16.1 Å². The molecule has 4 rings (SSSR count). The highest BCUT2D eigenvalue weighted by Gasteiger charge is 2.46. The Morgan fingerprint density at radius 3 is 2.47 bits per heavy atom. The molecule has 9 heteroatoms. The van der Waals surface area contributed by atoms with E-state index in [9.17, 15) is 23.1 Å². The van der Waals surface area contributed by atoms with Gasteiger partial charge >= 0.3 is 0 Å². The second-order valence-electron chi connectivity index (χ2n) is 7.55. The molecule has 3 N–H and O–H groups in total. The third kappa shape index (κ3) is 4.06. The number of amides is 1. The van der Waals surface area contributed by atoms with Gasteiger partial charge in [0.25, 0.3) is 15.9 Å². The van der Waals surface area contributed by atoms with E-state index in [1.807, 2.05) is 0 Å². The fraction of sp³-hybridized carbons (Fsp3) is 0.130. The van der Waals surface area contributed by atoms with E-state index in [0.29, 0.717) is 16.8 Å². The number of anilines is 2. The van der Waals surface area contributed by atoms with E-state index >= 15 is 0 Å². The first kappa shape index (κ1) is 22.2. The molecule has 1 aliphatic heterocycles. The molecular formula is C23H19BrN2O5S. The molecule has 164 valence electrons. The van der Waals surface area contributed by atoms with Gasteiger partial charge in [0.2, 0.25) is 0 Å². The minimum atomic E-state index is -3.78. The van der Waals surface area contributed by atoms with Crippen LogP contribution in [0.1, 0.15) is 27.9 Å². The van der Waals surface area contributed by atoms with Crippen molar-refractivity contribution < 1.29 is 23.1 Å². The van der Waals surface area contributed by atoms with Crippen LogP contribution in [0.2, 0.25) is 0 Å². The predicted molar refractivity (Wildman–Crippen MR) is 124 cm³/mol. The van der Waals surface area contributed by atoms with Crippen LogP contribution >= 0.6 is 15.9 Å². The normalized spacial score (nSPS) is 17.5. The van der Waals surface area contributed by atoms with Crippen LogP contribution in [0.3, 0.4) is 0 Å². The van der Waals surface area contributed by atoms with Gasteiger partial charge in [-0.15, -0.1) is 0 Å². The van der Waals surface area contributed by atoms with Crippen LogP contribution in [0.15, 0.2) is 76.1 Å². The molecule has 3 aromatic carbocycles. The first-order valence-electron chi connectivity index (χ1n) is 9.66. The Balaban J connectivity index is 1.52. The van der Waals surface area contributed by atoms with Crippen molar-refractivity contribution >= 4 is 49.0 Å². The molecule has 0 aliphatic carbocycles. The number of carbonyl (C=O) groups is 2. The lowest BCUT2D eigenvalue weighted by molar-refractivity contribution is -0.133. The second-order valence-corrected chi connectivity index (χ2v) is 10.1. The van der Waals surface area contributed by atoms with Gasteiger partial charge in [-0.25, -0.2) is 8.42 Å². The van der Waals surface area contributed by atoms with Crippen molar-refractivity contribution in [2.24, 2.45) is 0 Å². The molecule has 0 saturated carbocycles. The molecule has 0 fully saturated rings. The van der Waals surface area contributed by atoms with Crippen LogP contribution in [0, 0.1) is 6.92 Å². The number of sulfonamides is 1. The van der Waals surface area contributed by atoms with Crippen molar-refractivity contribution in [3.05, 3.63) is 87.9 Å². The number of Topliss-reactive ketones (excluding diaryl/α,β-unsaturated/α-hetero) is 1. The molecule has 1 unspecified atom stereocenters. The number of hydrogen-bond donors (Lipinski definition) is 3. The number of benzene rings is 3. The number of ketones is 1. The summed E-state index contributed by atoms with van der Waals surface area (Å²) in [7, 11) is -3.78. The molecule has 3 aromatic rings. The highest BCUT2D eigenvalue weighted by molar-refractivity contribution is 9.10. The number of hydrogen-bond acceptors (Lipinski definition) is 5. The van der Waals surface area contributed by atoms with Crippen LogP contribution in [0.4, 0.5) is 11.4 Å². The lowest BCUT2D eigenvalue weighted by atomic mass is 9.88. The number of halogens is 1. The van der Waals surface area contributed by atoms with Gasteiger partial charge in [0, 0.05) is 27.0 Å². The van der Waals surface area contributed by atoms with Crippen LogP contribution in [0.25, 0.3) is 0 Å². The SMILES string of the molecule is Cc1ccccc1S(=O)(=O)Nc1ccc(C(=O)CC2(O)C(=O)Nc3cc(Br)ccc32)cc1. The Morgan fingerprint density at radius 1 is 1.09 bits per heavy atom. The Morgan fingerprint density at radius 2 is 1.78 bits per heavy atom. The summed E-state index contributed by atoms with van der Waals surface area (Å²) in [6, 6.07) is 17.4. The maximum atomic E-state index is 12.8. The molecule has 1 amide bonds. The zero-order valence-corrected chi connectivity index (χ0v) is 19.3. The molecule has 0 radical (unpaired) electrons. The van der Waals surface area contributed by atoms with Crippen LogP contribution in [-0.2, 0) is 20.4 Å². The molecule has 0 aromatic heterocycles. The number of aliphatic hydroxyl groups is 1. The van der Waals surface area contributed by atoms with Crippen molar-refractivity contribution in [2.75, 3.05) is 10.0 Å². The quantitative estimate of drug-likeness (QED) is 0.430. The van der Waals surface area contributed by atoms with Gasteiger partial charge in [-0.3, -0.25) is 14.3 Å². The van der Waals surface area contributed by atoms with E-state index < -0.39 is 33.7 Å². The Kier molecular flexibility index (Phi) is 5.66. The zero-order chi connectivity index (χ0) is 23.1. The summed E-state index contributed by atoms with van der Waals surface area (Å²) in [6.45, 7) is 1.71. The highest BCUT2D eigenvalue weighted by atomic mass is 79.9. The molecule has 32 heavy (non-hydrogen) atoms. The summed E-state index contributed by atoms with van der Waals surface area (Å²) in [5.74, 6) is -1.12. The van der Waals surface area contributed by atoms with Crippen molar-refractivity contribution in [3.8, 4) is 0 Å². The Hall–Kier alpha value is -3.01. The lowest BCUT2D eigenvalue weighted by Gasteiger charge is -2.20. The molecule has 0 saturated heterocycles.